The molecule has 20 heavy (non-hydrogen) atoms. The van der Waals surface area contributed by atoms with Gasteiger partial charge in [0.2, 0.25) is 0 Å². The van der Waals surface area contributed by atoms with Crippen molar-refractivity contribution in [2.45, 2.75) is 13.1 Å². The number of fused-ring (bicyclic) bond motifs is 1. The highest BCUT2D eigenvalue weighted by atomic mass is 32.1. The summed E-state index contributed by atoms with van der Waals surface area (Å²) in [6.45, 7) is 1.72. The van der Waals surface area contributed by atoms with Gasteiger partial charge in [-0.05, 0) is 12.1 Å². The molecule has 3 rings (SSSR count). The van der Waals surface area contributed by atoms with Crippen LogP contribution in [0.4, 0.5) is 14.5 Å². The van der Waals surface area contributed by atoms with Crippen molar-refractivity contribution < 1.29 is 8.78 Å². The Kier molecular flexibility index (Phi) is 3.13. The standard InChI is InChI=1S/C13H12F2N4S/c14-11-8(13(16)20)1-2-9(12(11)15)19-6-5-18-4-3-17-10(18)7-19/h1-4H,5-7H2,(H2,16,20). The highest BCUT2D eigenvalue weighted by Gasteiger charge is 2.23. The van der Waals surface area contributed by atoms with Crippen LogP contribution in [0.15, 0.2) is 24.5 Å². The van der Waals surface area contributed by atoms with Crippen LogP contribution in [-0.2, 0) is 13.1 Å². The van der Waals surface area contributed by atoms with Gasteiger partial charge >= 0.3 is 0 Å². The van der Waals surface area contributed by atoms with Crippen molar-refractivity contribution in [2.24, 2.45) is 5.73 Å². The summed E-state index contributed by atoms with van der Waals surface area (Å²) in [6.07, 6.45) is 3.57. The molecule has 0 bridgehead atoms. The fourth-order valence-electron chi connectivity index (χ4n) is 2.35. The van der Waals surface area contributed by atoms with Gasteiger partial charge < -0.3 is 15.2 Å². The van der Waals surface area contributed by atoms with Crippen LogP contribution in [0.25, 0.3) is 0 Å². The Balaban J connectivity index is 1.96. The van der Waals surface area contributed by atoms with Gasteiger partial charge in [-0.15, -0.1) is 0 Å². The normalized spacial score (nSPS) is 14.2. The van der Waals surface area contributed by atoms with E-state index in [1.54, 1.807) is 11.1 Å². The molecule has 1 aliphatic rings. The lowest BCUT2D eigenvalue weighted by Gasteiger charge is -2.30. The van der Waals surface area contributed by atoms with E-state index >= 15 is 0 Å². The number of imidazole rings is 1. The number of anilines is 1. The van der Waals surface area contributed by atoms with Gasteiger partial charge in [-0.1, -0.05) is 12.2 Å². The lowest BCUT2D eigenvalue weighted by atomic mass is 10.1. The van der Waals surface area contributed by atoms with Crippen molar-refractivity contribution in [1.82, 2.24) is 9.55 Å². The molecule has 0 saturated carbocycles. The number of hydrogen-bond acceptors (Lipinski definition) is 3. The number of nitrogens with two attached hydrogens (primary N) is 1. The minimum atomic E-state index is -0.996. The van der Waals surface area contributed by atoms with E-state index in [1.165, 1.54) is 12.1 Å². The largest absolute Gasteiger partial charge is 0.389 e. The van der Waals surface area contributed by atoms with E-state index in [2.05, 4.69) is 4.98 Å². The van der Waals surface area contributed by atoms with E-state index in [0.29, 0.717) is 19.6 Å². The van der Waals surface area contributed by atoms with Gasteiger partial charge in [-0.2, -0.15) is 0 Å². The highest BCUT2D eigenvalue weighted by Crippen LogP contribution is 2.27. The van der Waals surface area contributed by atoms with Crippen molar-refractivity contribution in [1.29, 1.82) is 0 Å². The first kappa shape index (κ1) is 13.0. The first-order chi connectivity index (χ1) is 9.58. The van der Waals surface area contributed by atoms with Crippen molar-refractivity contribution in [3.63, 3.8) is 0 Å². The molecule has 2 aromatic rings. The molecule has 4 nitrogen and oxygen atoms in total. The molecule has 7 heteroatoms. The average molecular weight is 294 g/mol. The third-order valence-electron chi connectivity index (χ3n) is 3.41. The molecule has 1 aromatic carbocycles. The summed E-state index contributed by atoms with van der Waals surface area (Å²) < 4.78 is 30.1. The maximum Gasteiger partial charge on any atom is 0.182 e. The smallest absolute Gasteiger partial charge is 0.182 e. The highest BCUT2D eigenvalue weighted by molar-refractivity contribution is 7.80. The van der Waals surface area contributed by atoms with Crippen LogP contribution in [0.5, 0.6) is 0 Å². The van der Waals surface area contributed by atoms with Crippen LogP contribution in [-0.4, -0.2) is 21.1 Å². The zero-order chi connectivity index (χ0) is 14.3. The Bertz CT molecular complexity index is 683. The van der Waals surface area contributed by atoms with Crippen LogP contribution >= 0.6 is 12.2 Å². The second-order valence-electron chi connectivity index (χ2n) is 4.58. The average Bonchev–Trinajstić information content (AvgIpc) is 2.88. The summed E-state index contributed by atoms with van der Waals surface area (Å²) >= 11 is 4.69. The quantitative estimate of drug-likeness (QED) is 0.858. The van der Waals surface area contributed by atoms with Gasteiger partial charge in [0, 0.05) is 31.0 Å². The van der Waals surface area contributed by atoms with Gasteiger partial charge in [0.05, 0.1) is 12.2 Å². The van der Waals surface area contributed by atoms with Gasteiger partial charge in [0.25, 0.3) is 0 Å². The number of thiocarbonyl (C=S) groups is 1. The Labute approximate surface area is 119 Å². The first-order valence-electron chi connectivity index (χ1n) is 6.10. The molecule has 2 N–H and O–H groups in total. The summed E-state index contributed by atoms with van der Waals surface area (Å²) in [5.74, 6) is -1.09. The SMILES string of the molecule is NC(=S)c1ccc(N2CCn3ccnc3C2)c(F)c1F. The molecule has 1 aliphatic heterocycles. The summed E-state index contributed by atoms with van der Waals surface area (Å²) in [5, 5.41) is 0. The summed E-state index contributed by atoms with van der Waals surface area (Å²) in [7, 11) is 0. The zero-order valence-corrected chi connectivity index (χ0v) is 11.3. The van der Waals surface area contributed by atoms with Gasteiger partial charge in [-0.3, -0.25) is 0 Å². The number of halogens is 2. The molecule has 2 heterocycles. The number of nitrogens with zero attached hydrogens (tertiary/aromatic N) is 3. The van der Waals surface area contributed by atoms with Crippen molar-refractivity contribution in [2.75, 3.05) is 11.4 Å². The predicted molar refractivity (Wildman–Crippen MR) is 75.5 cm³/mol. The minimum Gasteiger partial charge on any atom is -0.389 e. The Morgan fingerprint density at radius 1 is 1.25 bits per heavy atom. The predicted octanol–water partition coefficient (Wildman–Crippen LogP) is 1.82. The van der Waals surface area contributed by atoms with Crippen LogP contribution in [0.2, 0.25) is 0 Å². The second kappa shape index (κ2) is 4.82. The molecule has 0 radical (unpaired) electrons. The first-order valence-corrected chi connectivity index (χ1v) is 6.51. The van der Waals surface area contributed by atoms with Crippen molar-refractivity contribution in [3.05, 3.63) is 47.5 Å². The molecule has 0 aliphatic carbocycles. The number of hydrogen-bond donors (Lipinski definition) is 1. The van der Waals surface area contributed by atoms with E-state index in [9.17, 15) is 8.78 Å². The minimum absolute atomic E-state index is 0.0697. The van der Waals surface area contributed by atoms with Crippen molar-refractivity contribution >= 4 is 22.9 Å². The Morgan fingerprint density at radius 3 is 2.80 bits per heavy atom. The third-order valence-corrected chi connectivity index (χ3v) is 3.63. The van der Waals surface area contributed by atoms with Crippen LogP contribution in [0, 0.1) is 11.6 Å². The summed E-state index contributed by atoms with van der Waals surface area (Å²) in [6, 6.07) is 2.92. The maximum atomic E-state index is 14.1. The zero-order valence-electron chi connectivity index (χ0n) is 10.5. The van der Waals surface area contributed by atoms with E-state index in [-0.39, 0.29) is 16.2 Å². The summed E-state index contributed by atoms with van der Waals surface area (Å²) in [4.78, 5) is 5.80. The molecule has 0 unspecified atom stereocenters. The Morgan fingerprint density at radius 2 is 2.05 bits per heavy atom. The van der Waals surface area contributed by atoms with Gasteiger partial charge in [0.15, 0.2) is 11.6 Å². The monoisotopic (exact) mass is 294 g/mol. The van der Waals surface area contributed by atoms with Crippen LogP contribution < -0.4 is 10.6 Å². The molecule has 0 amide bonds. The lowest BCUT2D eigenvalue weighted by molar-refractivity contribution is 0.494. The van der Waals surface area contributed by atoms with E-state index < -0.39 is 11.6 Å². The van der Waals surface area contributed by atoms with Gasteiger partial charge in [0.1, 0.15) is 10.8 Å². The molecule has 0 spiro atoms. The molecule has 104 valence electrons. The number of aromatic nitrogens is 2. The molecule has 0 saturated heterocycles. The van der Waals surface area contributed by atoms with E-state index in [1.807, 2.05) is 10.8 Å². The topological polar surface area (TPSA) is 47.1 Å². The maximum absolute atomic E-state index is 14.1. The molecule has 1 aromatic heterocycles. The fraction of sp³-hybridized carbons (Fsp3) is 0.231. The van der Waals surface area contributed by atoms with Crippen LogP contribution in [0.3, 0.4) is 0 Å². The van der Waals surface area contributed by atoms with E-state index in [4.69, 9.17) is 18.0 Å². The second-order valence-corrected chi connectivity index (χ2v) is 5.02. The summed E-state index contributed by atoms with van der Waals surface area (Å²) in [5.41, 5.74) is 5.49. The number of rotatable bonds is 2. The number of benzene rings is 1. The molecular formula is C13H12F2N4S. The molecule has 0 fully saturated rings. The fourth-order valence-corrected chi connectivity index (χ4v) is 2.51. The lowest BCUT2D eigenvalue weighted by Crippen LogP contribution is -2.34. The third kappa shape index (κ3) is 2.03. The molecule has 0 atom stereocenters. The van der Waals surface area contributed by atoms with Crippen molar-refractivity contribution in [3.8, 4) is 0 Å². The Hall–Kier alpha value is -2.02. The van der Waals surface area contributed by atoms with Crippen LogP contribution in [0.1, 0.15) is 11.4 Å². The molecular weight excluding hydrogens is 282 g/mol. The van der Waals surface area contributed by atoms with E-state index in [0.717, 1.165) is 5.82 Å². The van der Waals surface area contributed by atoms with Gasteiger partial charge in [-0.25, -0.2) is 13.8 Å².